The smallest absolute Gasteiger partial charge is 0.233 e. The van der Waals surface area contributed by atoms with E-state index >= 15 is 0 Å². The molecule has 3 amide bonds. The fourth-order valence-corrected chi connectivity index (χ4v) is 3.42. The van der Waals surface area contributed by atoms with Crippen LogP contribution in [0, 0.1) is 11.8 Å². The van der Waals surface area contributed by atoms with E-state index in [4.69, 9.17) is 4.74 Å². The molecule has 138 valence electrons. The number of ether oxygens (including phenoxy) is 1. The number of hydrogen-bond donors (Lipinski definition) is 1. The fourth-order valence-electron chi connectivity index (χ4n) is 3.42. The van der Waals surface area contributed by atoms with Crippen LogP contribution in [0.1, 0.15) is 33.1 Å². The third kappa shape index (κ3) is 3.95. The zero-order chi connectivity index (χ0) is 18.7. The number of benzene rings is 1. The number of imide groups is 1. The number of fused-ring (bicyclic) bond motifs is 1. The van der Waals surface area contributed by atoms with Gasteiger partial charge in [0.15, 0.2) is 0 Å². The Morgan fingerprint density at radius 3 is 2.23 bits per heavy atom. The van der Waals surface area contributed by atoms with Gasteiger partial charge in [0, 0.05) is 18.7 Å². The van der Waals surface area contributed by atoms with E-state index < -0.39 is 0 Å². The minimum absolute atomic E-state index is 0.0878. The molecular formula is C20H24N2O4. The van der Waals surface area contributed by atoms with Crippen LogP contribution in [0.4, 0.5) is 5.69 Å². The van der Waals surface area contributed by atoms with Gasteiger partial charge in [-0.25, -0.2) is 0 Å². The highest BCUT2D eigenvalue weighted by Crippen LogP contribution is 2.35. The highest BCUT2D eigenvalue weighted by atomic mass is 16.5. The maximum Gasteiger partial charge on any atom is 0.233 e. The van der Waals surface area contributed by atoms with Gasteiger partial charge in [0.25, 0.3) is 0 Å². The molecule has 1 aromatic carbocycles. The third-order valence-electron chi connectivity index (χ3n) is 4.67. The average molecular weight is 356 g/mol. The summed E-state index contributed by atoms with van der Waals surface area (Å²) < 4.78 is 5.56. The van der Waals surface area contributed by atoms with E-state index in [0.29, 0.717) is 18.5 Å². The summed E-state index contributed by atoms with van der Waals surface area (Å²) >= 11 is 0. The Labute approximate surface area is 153 Å². The molecule has 1 aliphatic carbocycles. The first-order valence-corrected chi connectivity index (χ1v) is 9.02. The number of anilines is 1. The van der Waals surface area contributed by atoms with Crippen molar-refractivity contribution in [3.8, 4) is 5.75 Å². The second-order valence-electron chi connectivity index (χ2n) is 6.97. The van der Waals surface area contributed by atoms with E-state index in [2.05, 4.69) is 5.32 Å². The monoisotopic (exact) mass is 356 g/mol. The normalized spacial score (nSPS) is 21.9. The summed E-state index contributed by atoms with van der Waals surface area (Å²) in [7, 11) is 0. The first-order chi connectivity index (χ1) is 12.5. The molecule has 1 fully saturated rings. The van der Waals surface area contributed by atoms with Crippen LogP contribution in [0.25, 0.3) is 0 Å². The van der Waals surface area contributed by atoms with E-state index in [1.165, 1.54) is 4.90 Å². The molecule has 0 saturated carbocycles. The molecule has 0 unspecified atom stereocenters. The van der Waals surface area contributed by atoms with Gasteiger partial charge in [-0.15, -0.1) is 0 Å². The predicted octanol–water partition coefficient (Wildman–Crippen LogP) is 2.75. The van der Waals surface area contributed by atoms with Crippen molar-refractivity contribution >= 4 is 23.4 Å². The van der Waals surface area contributed by atoms with E-state index in [0.717, 1.165) is 5.75 Å². The topological polar surface area (TPSA) is 75.7 Å². The van der Waals surface area contributed by atoms with Crippen molar-refractivity contribution in [2.24, 2.45) is 11.8 Å². The lowest BCUT2D eigenvalue weighted by Crippen LogP contribution is -2.34. The van der Waals surface area contributed by atoms with Gasteiger partial charge in [0.05, 0.1) is 17.9 Å². The van der Waals surface area contributed by atoms with Gasteiger partial charge in [-0.1, -0.05) is 12.2 Å². The quantitative estimate of drug-likeness (QED) is 0.628. The molecule has 6 nitrogen and oxygen atoms in total. The van der Waals surface area contributed by atoms with E-state index in [1.807, 2.05) is 26.0 Å². The predicted molar refractivity (Wildman–Crippen MR) is 97.5 cm³/mol. The van der Waals surface area contributed by atoms with Gasteiger partial charge in [0.2, 0.25) is 17.7 Å². The Morgan fingerprint density at radius 2 is 1.69 bits per heavy atom. The number of nitrogens with one attached hydrogen (secondary N) is 1. The highest BCUT2D eigenvalue weighted by Gasteiger charge is 2.46. The number of carbonyl (C=O) groups is 3. The number of rotatable bonds is 6. The summed E-state index contributed by atoms with van der Waals surface area (Å²) in [6.45, 7) is 4.02. The average Bonchev–Trinajstić information content (AvgIpc) is 2.86. The largest absolute Gasteiger partial charge is 0.491 e. The minimum Gasteiger partial charge on any atom is -0.491 e. The van der Waals surface area contributed by atoms with Crippen LogP contribution >= 0.6 is 0 Å². The van der Waals surface area contributed by atoms with Gasteiger partial charge < -0.3 is 10.1 Å². The molecule has 0 radical (unpaired) electrons. The van der Waals surface area contributed by atoms with Gasteiger partial charge in [-0.3, -0.25) is 19.3 Å². The summed E-state index contributed by atoms with van der Waals surface area (Å²) in [4.78, 5) is 38.2. The highest BCUT2D eigenvalue weighted by molar-refractivity contribution is 6.05. The van der Waals surface area contributed by atoms with Crippen molar-refractivity contribution in [1.29, 1.82) is 0 Å². The number of nitrogens with zero attached hydrogens (tertiary/aromatic N) is 1. The summed E-state index contributed by atoms with van der Waals surface area (Å²) in [6, 6.07) is 7.12. The van der Waals surface area contributed by atoms with Crippen molar-refractivity contribution in [2.75, 3.05) is 11.9 Å². The maximum atomic E-state index is 12.4. The maximum absolute atomic E-state index is 12.4. The minimum atomic E-state index is -0.246. The summed E-state index contributed by atoms with van der Waals surface area (Å²) in [5.41, 5.74) is 0.656. The Balaban J connectivity index is 1.51. The lowest BCUT2D eigenvalue weighted by molar-refractivity contribution is -0.140. The summed E-state index contributed by atoms with van der Waals surface area (Å²) in [6.07, 6.45) is 5.31. The van der Waals surface area contributed by atoms with Crippen LogP contribution in [0.3, 0.4) is 0 Å². The summed E-state index contributed by atoms with van der Waals surface area (Å²) in [5.74, 6) is -0.272. The van der Waals surface area contributed by atoms with Crippen molar-refractivity contribution in [2.45, 2.75) is 39.2 Å². The molecule has 3 rings (SSSR count). The molecule has 2 atom stereocenters. The second kappa shape index (κ2) is 7.72. The molecular weight excluding hydrogens is 332 g/mol. The van der Waals surface area contributed by atoms with Gasteiger partial charge in [-0.05, 0) is 51.0 Å². The molecule has 1 aliphatic heterocycles. The first kappa shape index (κ1) is 18.2. The first-order valence-electron chi connectivity index (χ1n) is 9.02. The standard InChI is InChI=1S/C20H24N2O4/c1-13(2)26-15-9-7-14(8-10-15)21-18(23)11-12-22-19(24)16-5-3-4-6-17(16)20(22)25/h3-4,7-10,13,16-17H,5-6,11-12H2,1-2H3,(H,21,23)/t16-,17+. The Kier molecular flexibility index (Phi) is 5.40. The molecule has 1 N–H and O–H groups in total. The molecule has 1 heterocycles. The molecule has 26 heavy (non-hydrogen) atoms. The van der Waals surface area contributed by atoms with Crippen LogP contribution < -0.4 is 10.1 Å². The molecule has 6 heteroatoms. The van der Waals surface area contributed by atoms with Crippen molar-refractivity contribution in [3.63, 3.8) is 0 Å². The Morgan fingerprint density at radius 1 is 1.12 bits per heavy atom. The lowest BCUT2D eigenvalue weighted by Gasteiger charge is -2.14. The summed E-state index contributed by atoms with van der Waals surface area (Å²) in [5, 5.41) is 2.78. The van der Waals surface area contributed by atoms with Gasteiger partial charge in [0.1, 0.15) is 5.75 Å². The van der Waals surface area contributed by atoms with E-state index in [1.54, 1.807) is 24.3 Å². The van der Waals surface area contributed by atoms with Crippen LogP contribution in [0.5, 0.6) is 5.75 Å². The fraction of sp³-hybridized carbons (Fsp3) is 0.450. The van der Waals surface area contributed by atoms with Crippen molar-refractivity contribution in [1.82, 2.24) is 4.90 Å². The van der Waals surface area contributed by atoms with Crippen molar-refractivity contribution < 1.29 is 19.1 Å². The van der Waals surface area contributed by atoms with Gasteiger partial charge in [-0.2, -0.15) is 0 Å². The number of likely N-dealkylation sites (tertiary alicyclic amines) is 1. The number of amides is 3. The van der Waals surface area contributed by atoms with Crippen molar-refractivity contribution in [3.05, 3.63) is 36.4 Å². The number of hydrogen-bond acceptors (Lipinski definition) is 4. The number of carbonyl (C=O) groups excluding carboxylic acids is 3. The molecule has 0 bridgehead atoms. The third-order valence-corrected chi connectivity index (χ3v) is 4.67. The molecule has 0 spiro atoms. The molecule has 0 aromatic heterocycles. The second-order valence-corrected chi connectivity index (χ2v) is 6.97. The van der Waals surface area contributed by atoms with E-state index in [-0.39, 0.29) is 48.6 Å². The van der Waals surface area contributed by atoms with Crippen LogP contribution in [-0.4, -0.2) is 35.3 Å². The molecule has 1 saturated heterocycles. The van der Waals surface area contributed by atoms with Crippen LogP contribution in [0.15, 0.2) is 36.4 Å². The van der Waals surface area contributed by atoms with E-state index in [9.17, 15) is 14.4 Å². The Hall–Kier alpha value is -2.63. The van der Waals surface area contributed by atoms with Gasteiger partial charge >= 0.3 is 0 Å². The Bertz CT molecular complexity index is 698. The lowest BCUT2D eigenvalue weighted by atomic mass is 9.85. The molecule has 2 aliphatic rings. The number of allylic oxidation sites excluding steroid dienone is 2. The zero-order valence-electron chi connectivity index (χ0n) is 15.1. The zero-order valence-corrected chi connectivity index (χ0v) is 15.1. The van der Waals surface area contributed by atoms with Crippen LogP contribution in [0.2, 0.25) is 0 Å². The SMILES string of the molecule is CC(C)Oc1ccc(NC(=O)CCN2C(=O)[C@H]3CC=CC[C@H]3C2=O)cc1. The molecule has 1 aromatic rings. The van der Waals surface area contributed by atoms with Crippen LogP contribution in [-0.2, 0) is 14.4 Å².